The van der Waals surface area contributed by atoms with Crippen LogP contribution in [0.2, 0.25) is 0 Å². The van der Waals surface area contributed by atoms with E-state index in [9.17, 15) is 0 Å². The largest absolute Gasteiger partial charge is 0.379 e. The maximum absolute atomic E-state index is 6.01. The maximum atomic E-state index is 6.01. The Morgan fingerprint density at radius 2 is 1.89 bits per heavy atom. The second kappa shape index (κ2) is 11.4. The molecule has 2 heterocycles. The average Bonchev–Trinajstić information content (AvgIpc) is 2.73. The van der Waals surface area contributed by atoms with Crippen molar-refractivity contribution in [3.63, 3.8) is 0 Å². The molecule has 28 heavy (non-hydrogen) atoms. The van der Waals surface area contributed by atoms with Crippen LogP contribution in [0.5, 0.6) is 0 Å². The summed E-state index contributed by atoms with van der Waals surface area (Å²) in [5.41, 5.74) is 8.60. The third-order valence-corrected chi connectivity index (χ3v) is 5.84. The summed E-state index contributed by atoms with van der Waals surface area (Å²) in [5.74, 6) is 0.535. The van der Waals surface area contributed by atoms with Crippen LogP contribution in [0.3, 0.4) is 0 Å². The minimum atomic E-state index is 0.535. The van der Waals surface area contributed by atoms with E-state index >= 15 is 0 Å². The van der Waals surface area contributed by atoms with Crippen molar-refractivity contribution >= 4 is 5.96 Å². The SMILES string of the molecule is CC1CCCCN1Cc1ccc(CN=C(N)NCCCN2CCOCC2)cc1. The number of hydrogen-bond acceptors (Lipinski definition) is 4. The van der Waals surface area contributed by atoms with Gasteiger partial charge in [0.15, 0.2) is 5.96 Å². The number of benzene rings is 1. The highest BCUT2D eigenvalue weighted by molar-refractivity contribution is 5.77. The van der Waals surface area contributed by atoms with Gasteiger partial charge in [-0.25, -0.2) is 4.99 Å². The Kier molecular flexibility index (Phi) is 8.58. The number of likely N-dealkylation sites (tertiary alicyclic amines) is 1. The van der Waals surface area contributed by atoms with Crippen LogP contribution in [-0.2, 0) is 17.8 Å². The van der Waals surface area contributed by atoms with Crippen molar-refractivity contribution in [2.24, 2.45) is 10.7 Å². The first-order valence-corrected chi connectivity index (χ1v) is 10.9. The number of nitrogens with zero attached hydrogens (tertiary/aromatic N) is 3. The molecule has 2 aliphatic heterocycles. The number of rotatable bonds is 8. The predicted molar refractivity (Wildman–Crippen MR) is 115 cm³/mol. The number of aliphatic imine (C=N–C) groups is 1. The zero-order valence-corrected chi connectivity index (χ0v) is 17.4. The molecule has 0 aromatic heterocycles. The van der Waals surface area contributed by atoms with Crippen LogP contribution in [0.4, 0.5) is 0 Å². The smallest absolute Gasteiger partial charge is 0.188 e. The number of nitrogens with two attached hydrogens (primary N) is 1. The molecule has 2 fully saturated rings. The molecule has 0 amide bonds. The average molecular weight is 388 g/mol. The number of nitrogens with one attached hydrogen (secondary N) is 1. The van der Waals surface area contributed by atoms with E-state index in [1.807, 2.05) is 0 Å². The molecule has 3 N–H and O–H groups in total. The molecule has 6 nitrogen and oxygen atoms in total. The summed E-state index contributed by atoms with van der Waals surface area (Å²) in [6.07, 6.45) is 5.10. The fourth-order valence-corrected chi connectivity index (χ4v) is 3.95. The van der Waals surface area contributed by atoms with Crippen molar-refractivity contribution in [1.29, 1.82) is 0 Å². The van der Waals surface area contributed by atoms with E-state index in [0.29, 0.717) is 18.5 Å². The minimum absolute atomic E-state index is 0.535. The van der Waals surface area contributed by atoms with Crippen molar-refractivity contribution in [1.82, 2.24) is 15.1 Å². The fourth-order valence-electron chi connectivity index (χ4n) is 3.95. The van der Waals surface area contributed by atoms with E-state index in [-0.39, 0.29) is 0 Å². The third kappa shape index (κ3) is 7.08. The van der Waals surface area contributed by atoms with Gasteiger partial charge in [0.1, 0.15) is 0 Å². The van der Waals surface area contributed by atoms with Gasteiger partial charge in [-0.15, -0.1) is 0 Å². The van der Waals surface area contributed by atoms with Gasteiger partial charge in [0.05, 0.1) is 19.8 Å². The Balaban J connectivity index is 1.34. The molecule has 0 aliphatic carbocycles. The molecule has 6 heteroatoms. The van der Waals surface area contributed by atoms with Crippen LogP contribution in [0.25, 0.3) is 0 Å². The second-order valence-electron chi connectivity index (χ2n) is 8.07. The topological polar surface area (TPSA) is 66.1 Å². The van der Waals surface area contributed by atoms with Gasteiger partial charge in [0, 0.05) is 32.2 Å². The number of piperidine rings is 1. The summed E-state index contributed by atoms with van der Waals surface area (Å²) in [7, 11) is 0. The third-order valence-electron chi connectivity index (χ3n) is 5.84. The zero-order chi connectivity index (χ0) is 19.6. The molecule has 0 radical (unpaired) electrons. The minimum Gasteiger partial charge on any atom is -0.379 e. The number of morpholine rings is 1. The molecule has 2 saturated heterocycles. The summed E-state index contributed by atoms with van der Waals surface area (Å²) in [6.45, 7) is 11.0. The lowest BCUT2D eigenvalue weighted by Crippen LogP contribution is -2.39. The summed E-state index contributed by atoms with van der Waals surface area (Å²) in [5, 5.41) is 3.23. The van der Waals surface area contributed by atoms with Gasteiger partial charge in [-0.3, -0.25) is 9.80 Å². The summed E-state index contributed by atoms with van der Waals surface area (Å²) < 4.78 is 5.37. The molecule has 3 rings (SSSR count). The molecule has 0 saturated carbocycles. The van der Waals surface area contributed by atoms with Crippen LogP contribution >= 0.6 is 0 Å². The first kappa shape index (κ1) is 21.1. The molecule has 0 spiro atoms. The number of guanidine groups is 1. The summed E-state index contributed by atoms with van der Waals surface area (Å²) >= 11 is 0. The van der Waals surface area contributed by atoms with E-state index < -0.39 is 0 Å². The van der Waals surface area contributed by atoms with Crippen LogP contribution in [-0.4, -0.2) is 67.7 Å². The summed E-state index contributed by atoms with van der Waals surface area (Å²) in [6, 6.07) is 9.53. The van der Waals surface area contributed by atoms with E-state index in [1.54, 1.807) is 0 Å². The lowest BCUT2D eigenvalue weighted by Gasteiger charge is -2.33. The molecule has 0 bridgehead atoms. The Labute approximate surface area is 170 Å². The normalized spacial score (nSPS) is 22.3. The van der Waals surface area contributed by atoms with E-state index in [1.165, 1.54) is 36.9 Å². The first-order chi connectivity index (χ1) is 13.7. The second-order valence-corrected chi connectivity index (χ2v) is 8.07. The van der Waals surface area contributed by atoms with E-state index in [2.05, 4.69) is 51.3 Å². The van der Waals surface area contributed by atoms with Crippen LogP contribution in [0, 0.1) is 0 Å². The zero-order valence-electron chi connectivity index (χ0n) is 17.4. The van der Waals surface area contributed by atoms with Crippen molar-refractivity contribution in [3.05, 3.63) is 35.4 Å². The summed E-state index contributed by atoms with van der Waals surface area (Å²) in [4.78, 5) is 9.50. The monoisotopic (exact) mass is 387 g/mol. The van der Waals surface area contributed by atoms with Gasteiger partial charge in [-0.2, -0.15) is 0 Å². The molecule has 156 valence electrons. The molecule has 1 aromatic rings. The van der Waals surface area contributed by atoms with Gasteiger partial charge in [-0.05, 0) is 50.4 Å². The van der Waals surface area contributed by atoms with Gasteiger partial charge >= 0.3 is 0 Å². The molecule has 2 aliphatic rings. The molecular formula is C22H37N5O. The lowest BCUT2D eigenvalue weighted by molar-refractivity contribution is 0.0376. The highest BCUT2D eigenvalue weighted by atomic mass is 16.5. The van der Waals surface area contributed by atoms with E-state index in [4.69, 9.17) is 10.5 Å². The Bertz CT molecular complexity index is 597. The van der Waals surface area contributed by atoms with Gasteiger partial charge in [0.2, 0.25) is 0 Å². The predicted octanol–water partition coefficient (Wildman–Crippen LogP) is 2.19. The molecular weight excluding hydrogens is 350 g/mol. The fraction of sp³-hybridized carbons (Fsp3) is 0.682. The van der Waals surface area contributed by atoms with Crippen molar-refractivity contribution in [3.8, 4) is 0 Å². The van der Waals surface area contributed by atoms with Gasteiger partial charge < -0.3 is 15.8 Å². The molecule has 1 atom stereocenters. The number of hydrogen-bond donors (Lipinski definition) is 2. The van der Waals surface area contributed by atoms with Crippen molar-refractivity contribution in [2.45, 2.75) is 51.7 Å². The lowest BCUT2D eigenvalue weighted by atomic mass is 10.0. The van der Waals surface area contributed by atoms with Crippen LogP contribution in [0.1, 0.15) is 43.7 Å². The Hall–Kier alpha value is -1.63. The molecule has 1 aromatic carbocycles. The molecule has 1 unspecified atom stereocenters. The highest BCUT2D eigenvalue weighted by Gasteiger charge is 2.17. The van der Waals surface area contributed by atoms with E-state index in [0.717, 1.165) is 52.4 Å². The highest BCUT2D eigenvalue weighted by Crippen LogP contribution is 2.19. The van der Waals surface area contributed by atoms with Crippen molar-refractivity contribution in [2.75, 3.05) is 45.9 Å². The number of ether oxygens (including phenoxy) is 1. The Morgan fingerprint density at radius 1 is 1.14 bits per heavy atom. The quantitative estimate of drug-likeness (QED) is 0.407. The van der Waals surface area contributed by atoms with Crippen molar-refractivity contribution < 1.29 is 4.74 Å². The first-order valence-electron chi connectivity index (χ1n) is 10.9. The maximum Gasteiger partial charge on any atom is 0.188 e. The Morgan fingerprint density at radius 3 is 2.64 bits per heavy atom. The van der Waals surface area contributed by atoms with Crippen LogP contribution < -0.4 is 11.1 Å². The van der Waals surface area contributed by atoms with Gasteiger partial charge in [-0.1, -0.05) is 30.7 Å². The van der Waals surface area contributed by atoms with Crippen LogP contribution in [0.15, 0.2) is 29.3 Å². The van der Waals surface area contributed by atoms with Gasteiger partial charge in [0.25, 0.3) is 0 Å². The standard InChI is InChI=1S/C22H37N5O/c1-19-5-2-3-12-27(19)18-21-8-6-20(7-9-21)17-25-22(23)24-10-4-11-26-13-15-28-16-14-26/h6-9,19H,2-5,10-18H2,1H3,(H3,23,24,25).